The highest BCUT2D eigenvalue weighted by molar-refractivity contribution is 6.04. The first-order valence-electron chi connectivity index (χ1n) is 12.2. The standard InChI is InChI=1S/C26H31N7/c1-16-23(21(15-27-2)17-6-7-17)26(33-12-10-28-11-13-33)32-25(30-16)19-8-9-29-24-20(19)14-22(31-24)18-4-3-5-18/h8-9,14-15,17-18,28H,1,3-7,10-13H2,2H3,(H,29,31)/b23-21-,27-15?. The summed E-state index contributed by atoms with van der Waals surface area (Å²) in [5, 5.41) is 6.41. The molecule has 3 aromatic rings. The second-order valence-electron chi connectivity index (χ2n) is 9.52. The number of aromatic nitrogens is 4. The molecular formula is C26H31N7. The Morgan fingerprint density at radius 1 is 1.18 bits per heavy atom. The van der Waals surface area contributed by atoms with Crippen molar-refractivity contribution in [3.05, 3.63) is 34.6 Å². The Morgan fingerprint density at radius 3 is 2.70 bits per heavy atom. The molecule has 170 valence electrons. The fraction of sp³-hybridized carbons (Fsp3) is 0.462. The molecule has 4 heterocycles. The van der Waals surface area contributed by atoms with Crippen LogP contribution in [0.4, 0.5) is 5.82 Å². The highest BCUT2D eigenvalue weighted by atomic mass is 15.2. The Kier molecular flexibility index (Phi) is 5.21. The van der Waals surface area contributed by atoms with Crippen LogP contribution in [0.1, 0.15) is 43.7 Å². The van der Waals surface area contributed by atoms with Gasteiger partial charge >= 0.3 is 0 Å². The van der Waals surface area contributed by atoms with Gasteiger partial charge in [-0.1, -0.05) is 13.0 Å². The first kappa shape index (κ1) is 20.5. The lowest BCUT2D eigenvalue weighted by Gasteiger charge is -2.29. The number of nitrogens with zero attached hydrogens (tertiary/aromatic N) is 5. The van der Waals surface area contributed by atoms with E-state index in [-0.39, 0.29) is 0 Å². The molecule has 1 aliphatic heterocycles. The average molecular weight is 442 g/mol. The molecule has 0 unspecified atom stereocenters. The maximum atomic E-state index is 5.20. The van der Waals surface area contributed by atoms with Crippen LogP contribution in [0.2, 0.25) is 0 Å². The number of piperazine rings is 1. The molecule has 7 nitrogen and oxygen atoms in total. The fourth-order valence-corrected chi connectivity index (χ4v) is 5.10. The molecule has 3 aromatic heterocycles. The summed E-state index contributed by atoms with van der Waals surface area (Å²) in [6.45, 7) is 8.16. The Labute approximate surface area is 193 Å². The molecule has 2 aliphatic carbocycles. The van der Waals surface area contributed by atoms with E-state index in [0.29, 0.717) is 11.8 Å². The van der Waals surface area contributed by atoms with E-state index < -0.39 is 0 Å². The van der Waals surface area contributed by atoms with Gasteiger partial charge in [-0.05, 0) is 55.2 Å². The lowest BCUT2D eigenvalue weighted by atomic mass is 9.83. The summed E-state index contributed by atoms with van der Waals surface area (Å²) < 4.78 is 0. The summed E-state index contributed by atoms with van der Waals surface area (Å²) >= 11 is 0. The van der Waals surface area contributed by atoms with Crippen LogP contribution in [0.3, 0.4) is 0 Å². The van der Waals surface area contributed by atoms with E-state index in [0.717, 1.165) is 65.0 Å². The number of nitrogens with one attached hydrogen (secondary N) is 2. The molecular weight excluding hydrogens is 410 g/mol. The summed E-state index contributed by atoms with van der Waals surface area (Å²) in [7, 11) is 1.84. The second-order valence-corrected chi connectivity index (χ2v) is 9.52. The molecule has 1 saturated heterocycles. The SMILES string of the molecule is C=c1nc(-c2ccnc3[nH]c(C4CCC4)cc23)nc(N2CCNCC2)/c1=C(/C=NC)C1CC1. The predicted molar refractivity (Wildman–Crippen MR) is 134 cm³/mol. The van der Waals surface area contributed by atoms with Crippen molar-refractivity contribution >= 4 is 35.2 Å². The van der Waals surface area contributed by atoms with Crippen molar-refractivity contribution in [3.8, 4) is 11.4 Å². The van der Waals surface area contributed by atoms with E-state index in [9.17, 15) is 0 Å². The molecule has 0 atom stereocenters. The zero-order valence-corrected chi connectivity index (χ0v) is 19.3. The van der Waals surface area contributed by atoms with Crippen molar-refractivity contribution in [1.82, 2.24) is 25.3 Å². The van der Waals surface area contributed by atoms with E-state index in [1.807, 2.05) is 25.5 Å². The van der Waals surface area contributed by atoms with Gasteiger partial charge in [-0.15, -0.1) is 0 Å². The number of pyridine rings is 1. The number of anilines is 1. The summed E-state index contributed by atoms with van der Waals surface area (Å²) in [4.78, 5) is 25.1. The van der Waals surface area contributed by atoms with Crippen LogP contribution < -0.4 is 20.8 Å². The van der Waals surface area contributed by atoms with Gasteiger partial charge in [-0.25, -0.2) is 15.0 Å². The number of aromatic amines is 1. The zero-order valence-electron chi connectivity index (χ0n) is 19.3. The first-order valence-corrected chi connectivity index (χ1v) is 12.2. The molecule has 0 radical (unpaired) electrons. The third kappa shape index (κ3) is 3.74. The van der Waals surface area contributed by atoms with Gasteiger partial charge < -0.3 is 15.2 Å². The summed E-state index contributed by atoms with van der Waals surface area (Å²) in [5.74, 6) is 2.88. The van der Waals surface area contributed by atoms with E-state index >= 15 is 0 Å². The molecule has 2 N–H and O–H groups in total. The quantitative estimate of drug-likeness (QED) is 0.594. The maximum Gasteiger partial charge on any atom is 0.162 e. The highest BCUT2D eigenvalue weighted by Crippen LogP contribution is 2.38. The molecule has 3 aliphatic rings. The minimum atomic E-state index is 0.535. The molecule has 0 amide bonds. The topological polar surface area (TPSA) is 82.1 Å². The average Bonchev–Trinajstić information content (AvgIpc) is 3.55. The van der Waals surface area contributed by atoms with Crippen molar-refractivity contribution < 1.29 is 0 Å². The number of hydrogen-bond donors (Lipinski definition) is 2. The van der Waals surface area contributed by atoms with Gasteiger partial charge in [0.15, 0.2) is 5.82 Å². The van der Waals surface area contributed by atoms with Gasteiger partial charge in [0.25, 0.3) is 0 Å². The molecule has 0 bridgehead atoms. The number of rotatable bonds is 5. The van der Waals surface area contributed by atoms with Crippen molar-refractivity contribution in [3.63, 3.8) is 0 Å². The second kappa shape index (κ2) is 8.37. The predicted octanol–water partition coefficient (Wildman–Crippen LogP) is 2.37. The number of fused-ring (bicyclic) bond motifs is 1. The van der Waals surface area contributed by atoms with Crippen molar-refractivity contribution in [1.29, 1.82) is 0 Å². The van der Waals surface area contributed by atoms with Gasteiger partial charge in [-0.2, -0.15) is 0 Å². The smallest absolute Gasteiger partial charge is 0.162 e. The lowest BCUT2D eigenvalue weighted by molar-refractivity contribution is 0.413. The Bertz CT molecular complexity index is 1320. The van der Waals surface area contributed by atoms with Gasteiger partial charge in [-0.3, -0.25) is 4.99 Å². The fourth-order valence-electron chi connectivity index (χ4n) is 5.10. The monoisotopic (exact) mass is 441 g/mol. The van der Waals surface area contributed by atoms with E-state index in [2.05, 4.69) is 37.8 Å². The van der Waals surface area contributed by atoms with Crippen molar-refractivity contribution in [2.45, 2.75) is 38.0 Å². The Hall–Kier alpha value is -3.06. The Morgan fingerprint density at radius 2 is 2.00 bits per heavy atom. The van der Waals surface area contributed by atoms with Crippen LogP contribution in [0.25, 0.3) is 34.6 Å². The van der Waals surface area contributed by atoms with E-state index in [1.54, 1.807) is 0 Å². The molecule has 3 fully saturated rings. The van der Waals surface area contributed by atoms with Crippen LogP contribution in [0.5, 0.6) is 0 Å². The molecule has 0 aromatic carbocycles. The first-order chi connectivity index (χ1) is 16.2. The number of hydrogen-bond acceptors (Lipinski definition) is 6. The third-order valence-corrected chi connectivity index (χ3v) is 7.29. The normalized spacial score (nSPS) is 20.5. The minimum absolute atomic E-state index is 0.535. The summed E-state index contributed by atoms with van der Waals surface area (Å²) in [5.41, 5.74) is 4.46. The lowest BCUT2D eigenvalue weighted by Crippen LogP contribution is -2.48. The zero-order chi connectivity index (χ0) is 22.4. The molecule has 0 spiro atoms. The molecule has 7 heteroatoms. The van der Waals surface area contributed by atoms with Crippen LogP contribution >= 0.6 is 0 Å². The van der Waals surface area contributed by atoms with Gasteiger partial charge in [0.05, 0.1) is 5.35 Å². The van der Waals surface area contributed by atoms with Crippen LogP contribution in [-0.4, -0.2) is 59.4 Å². The van der Waals surface area contributed by atoms with E-state index in [4.69, 9.17) is 9.97 Å². The summed E-state index contributed by atoms with van der Waals surface area (Å²) in [6, 6.07) is 4.30. The van der Waals surface area contributed by atoms with Crippen LogP contribution in [0, 0.1) is 5.92 Å². The van der Waals surface area contributed by atoms with Crippen molar-refractivity contribution in [2.75, 3.05) is 38.1 Å². The van der Waals surface area contributed by atoms with Gasteiger partial charge in [0.2, 0.25) is 0 Å². The van der Waals surface area contributed by atoms with Crippen molar-refractivity contribution in [2.24, 2.45) is 10.9 Å². The van der Waals surface area contributed by atoms with Gasteiger partial charge in [0.1, 0.15) is 11.5 Å². The largest absolute Gasteiger partial charge is 0.353 e. The maximum absolute atomic E-state index is 5.20. The summed E-state index contributed by atoms with van der Waals surface area (Å²) in [6.07, 6.45) is 10.1. The molecule has 2 saturated carbocycles. The number of aliphatic imine (C=N–C) groups is 1. The minimum Gasteiger partial charge on any atom is -0.353 e. The third-order valence-electron chi connectivity index (χ3n) is 7.29. The highest BCUT2D eigenvalue weighted by Gasteiger charge is 2.28. The van der Waals surface area contributed by atoms with Gasteiger partial charge in [0, 0.05) is 67.5 Å². The van der Waals surface area contributed by atoms with Crippen LogP contribution in [0.15, 0.2) is 23.3 Å². The molecule has 33 heavy (non-hydrogen) atoms. The molecule has 6 rings (SSSR count). The van der Waals surface area contributed by atoms with E-state index in [1.165, 1.54) is 43.4 Å². The van der Waals surface area contributed by atoms with Crippen LogP contribution in [-0.2, 0) is 0 Å². The Balaban J connectivity index is 1.56. The number of H-pyrrole nitrogens is 1.